The Hall–Kier alpha value is -1.66. The van der Waals surface area contributed by atoms with E-state index in [4.69, 9.17) is 0 Å². The standard InChI is InChI=1S/C13H12N2S/c1-15-10-9-14-13(15)16-11-5-8-12-6-3-2-4-7-12/h2-4,6-7,9-10H,11H2,1H3. The predicted octanol–water partition coefficient (Wildman–Crippen LogP) is 2.56. The van der Waals surface area contributed by atoms with Gasteiger partial charge < -0.3 is 4.57 Å². The van der Waals surface area contributed by atoms with Gasteiger partial charge in [0.2, 0.25) is 0 Å². The fourth-order valence-corrected chi connectivity index (χ4v) is 1.92. The molecule has 80 valence electrons. The number of imidazole rings is 1. The minimum Gasteiger partial charge on any atom is -0.329 e. The Morgan fingerprint density at radius 3 is 2.81 bits per heavy atom. The van der Waals surface area contributed by atoms with Gasteiger partial charge in [-0.05, 0) is 12.1 Å². The summed E-state index contributed by atoms with van der Waals surface area (Å²) < 4.78 is 1.99. The Balaban J connectivity index is 1.90. The zero-order valence-corrected chi connectivity index (χ0v) is 9.87. The summed E-state index contributed by atoms with van der Waals surface area (Å²) in [6, 6.07) is 10.0. The topological polar surface area (TPSA) is 17.8 Å². The predicted molar refractivity (Wildman–Crippen MR) is 67.3 cm³/mol. The maximum atomic E-state index is 4.22. The largest absolute Gasteiger partial charge is 0.329 e. The maximum Gasteiger partial charge on any atom is 0.168 e. The molecule has 1 aromatic heterocycles. The maximum absolute atomic E-state index is 4.22. The van der Waals surface area contributed by atoms with Gasteiger partial charge in [-0.1, -0.05) is 41.8 Å². The Kier molecular flexibility index (Phi) is 3.68. The van der Waals surface area contributed by atoms with E-state index in [9.17, 15) is 0 Å². The van der Waals surface area contributed by atoms with E-state index in [1.165, 1.54) is 0 Å². The van der Waals surface area contributed by atoms with Crippen LogP contribution >= 0.6 is 11.8 Å². The van der Waals surface area contributed by atoms with Crippen molar-refractivity contribution in [2.24, 2.45) is 7.05 Å². The highest BCUT2D eigenvalue weighted by atomic mass is 32.2. The summed E-state index contributed by atoms with van der Waals surface area (Å²) in [7, 11) is 1.99. The van der Waals surface area contributed by atoms with Crippen molar-refractivity contribution in [3.05, 3.63) is 48.3 Å². The SMILES string of the molecule is Cn1ccnc1SCC#Cc1ccccc1. The molecule has 0 spiro atoms. The summed E-state index contributed by atoms with van der Waals surface area (Å²) in [5, 5.41) is 1.00. The van der Waals surface area contributed by atoms with Crippen LogP contribution in [-0.2, 0) is 7.05 Å². The smallest absolute Gasteiger partial charge is 0.168 e. The second-order valence-electron chi connectivity index (χ2n) is 3.28. The lowest BCUT2D eigenvalue weighted by molar-refractivity contribution is 0.791. The highest BCUT2D eigenvalue weighted by Crippen LogP contribution is 2.12. The van der Waals surface area contributed by atoms with Crippen LogP contribution in [0.1, 0.15) is 5.56 Å². The van der Waals surface area contributed by atoms with E-state index >= 15 is 0 Å². The van der Waals surface area contributed by atoms with E-state index in [1.807, 2.05) is 48.1 Å². The molecule has 0 aliphatic carbocycles. The molecule has 0 unspecified atom stereocenters. The number of benzene rings is 1. The number of hydrogen-bond acceptors (Lipinski definition) is 2. The molecule has 16 heavy (non-hydrogen) atoms. The molecule has 0 atom stereocenters. The monoisotopic (exact) mass is 228 g/mol. The first-order chi connectivity index (χ1) is 7.86. The zero-order chi connectivity index (χ0) is 11.2. The van der Waals surface area contributed by atoms with Gasteiger partial charge in [-0.2, -0.15) is 0 Å². The van der Waals surface area contributed by atoms with Crippen molar-refractivity contribution in [1.29, 1.82) is 0 Å². The van der Waals surface area contributed by atoms with Gasteiger partial charge in [0.1, 0.15) is 0 Å². The van der Waals surface area contributed by atoms with Gasteiger partial charge in [-0.3, -0.25) is 0 Å². The van der Waals surface area contributed by atoms with E-state index in [-0.39, 0.29) is 0 Å². The quantitative estimate of drug-likeness (QED) is 0.581. The number of aromatic nitrogens is 2. The van der Waals surface area contributed by atoms with Gasteiger partial charge in [-0.15, -0.1) is 0 Å². The van der Waals surface area contributed by atoms with Crippen LogP contribution in [0, 0.1) is 11.8 Å². The molecule has 0 bridgehead atoms. The zero-order valence-electron chi connectivity index (χ0n) is 9.05. The molecule has 2 aromatic rings. The second-order valence-corrected chi connectivity index (χ2v) is 4.22. The van der Waals surface area contributed by atoms with E-state index in [0.29, 0.717) is 0 Å². The van der Waals surface area contributed by atoms with E-state index in [1.54, 1.807) is 18.0 Å². The Morgan fingerprint density at radius 1 is 1.31 bits per heavy atom. The van der Waals surface area contributed by atoms with Crippen LogP contribution in [0.4, 0.5) is 0 Å². The molecule has 0 radical (unpaired) electrons. The van der Waals surface area contributed by atoms with Gasteiger partial charge in [0, 0.05) is 25.0 Å². The van der Waals surface area contributed by atoms with Crippen LogP contribution in [0.3, 0.4) is 0 Å². The first-order valence-electron chi connectivity index (χ1n) is 5.00. The van der Waals surface area contributed by atoms with Crippen LogP contribution in [0.5, 0.6) is 0 Å². The van der Waals surface area contributed by atoms with Crippen molar-refractivity contribution in [2.45, 2.75) is 5.16 Å². The highest BCUT2D eigenvalue weighted by Gasteiger charge is 1.96. The third-order valence-corrected chi connectivity index (χ3v) is 3.00. The minimum atomic E-state index is 0.764. The van der Waals surface area contributed by atoms with Crippen LogP contribution < -0.4 is 0 Å². The molecule has 3 heteroatoms. The van der Waals surface area contributed by atoms with Crippen LogP contribution in [0.15, 0.2) is 47.9 Å². The normalized spacial score (nSPS) is 9.56. The fourth-order valence-electron chi connectivity index (χ4n) is 1.25. The molecule has 0 fully saturated rings. The van der Waals surface area contributed by atoms with Crippen LogP contribution in [0.25, 0.3) is 0 Å². The molecule has 0 N–H and O–H groups in total. The molecular formula is C13H12N2S. The molecule has 1 aromatic carbocycles. The summed E-state index contributed by atoms with van der Waals surface area (Å²) in [5.41, 5.74) is 1.06. The molecule has 1 heterocycles. The number of hydrogen-bond donors (Lipinski definition) is 0. The summed E-state index contributed by atoms with van der Waals surface area (Å²) in [6.07, 6.45) is 3.74. The molecule has 2 nitrogen and oxygen atoms in total. The molecular weight excluding hydrogens is 216 g/mol. The average molecular weight is 228 g/mol. The summed E-state index contributed by atoms with van der Waals surface area (Å²) in [5.74, 6) is 7.01. The van der Waals surface area contributed by atoms with E-state index < -0.39 is 0 Å². The van der Waals surface area contributed by atoms with Gasteiger partial charge >= 0.3 is 0 Å². The lowest BCUT2D eigenvalue weighted by Gasteiger charge is -1.95. The molecule has 0 aliphatic heterocycles. The summed E-state index contributed by atoms with van der Waals surface area (Å²) in [6.45, 7) is 0. The lowest BCUT2D eigenvalue weighted by Crippen LogP contribution is -1.88. The van der Waals surface area contributed by atoms with Crippen molar-refractivity contribution in [3.8, 4) is 11.8 Å². The molecule has 2 rings (SSSR count). The van der Waals surface area contributed by atoms with Crippen molar-refractivity contribution < 1.29 is 0 Å². The second kappa shape index (κ2) is 5.43. The van der Waals surface area contributed by atoms with Gasteiger partial charge in [0.15, 0.2) is 5.16 Å². The summed E-state index contributed by atoms with van der Waals surface area (Å²) in [4.78, 5) is 4.22. The van der Waals surface area contributed by atoms with Gasteiger partial charge in [-0.25, -0.2) is 4.98 Å². The van der Waals surface area contributed by atoms with Crippen LogP contribution in [0.2, 0.25) is 0 Å². The third-order valence-electron chi connectivity index (χ3n) is 2.06. The molecule has 0 saturated heterocycles. The van der Waals surface area contributed by atoms with E-state index in [2.05, 4.69) is 16.8 Å². The van der Waals surface area contributed by atoms with Crippen LogP contribution in [-0.4, -0.2) is 15.3 Å². The van der Waals surface area contributed by atoms with Gasteiger partial charge in [0.05, 0.1) is 5.75 Å². The van der Waals surface area contributed by atoms with Crippen molar-refractivity contribution in [1.82, 2.24) is 9.55 Å². The molecule has 0 amide bonds. The van der Waals surface area contributed by atoms with Gasteiger partial charge in [0.25, 0.3) is 0 Å². The Labute approximate surface area is 99.7 Å². The number of nitrogens with zero attached hydrogens (tertiary/aromatic N) is 2. The van der Waals surface area contributed by atoms with E-state index in [0.717, 1.165) is 16.5 Å². The molecule has 0 saturated carbocycles. The average Bonchev–Trinajstić information content (AvgIpc) is 2.72. The third kappa shape index (κ3) is 2.91. The first kappa shape index (κ1) is 10.8. The number of rotatable bonds is 2. The highest BCUT2D eigenvalue weighted by molar-refractivity contribution is 7.99. The Bertz CT molecular complexity index is 505. The Morgan fingerprint density at radius 2 is 2.12 bits per heavy atom. The fraction of sp³-hybridized carbons (Fsp3) is 0.154. The van der Waals surface area contributed by atoms with Crippen molar-refractivity contribution in [3.63, 3.8) is 0 Å². The molecule has 0 aliphatic rings. The first-order valence-corrected chi connectivity index (χ1v) is 5.99. The number of thioether (sulfide) groups is 1. The van der Waals surface area contributed by atoms with Crippen molar-refractivity contribution >= 4 is 11.8 Å². The lowest BCUT2D eigenvalue weighted by atomic mass is 10.2. The number of aryl methyl sites for hydroxylation is 1. The summed E-state index contributed by atoms with van der Waals surface area (Å²) >= 11 is 1.65. The minimum absolute atomic E-state index is 0.764. The van der Waals surface area contributed by atoms with Crippen molar-refractivity contribution in [2.75, 3.05) is 5.75 Å².